The van der Waals surface area contributed by atoms with E-state index >= 15 is 0 Å². The second kappa shape index (κ2) is 4.60. The normalized spacial score (nSPS) is 20.2. The van der Waals surface area contributed by atoms with Crippen molar-refractivity contribution in [3.8, 4) is 0 Å². The number of carbonyl (C=O) groups is 1. The first-order chi connectivity index (χ1) is 7.65. The lowest BCUT2D eigenvalue weighted by Crippen LogP contribution is -2.27. The molecular weight excluding hydrogens is 212 g/mol. The molecule has 2 rings (SSSR count). The zero-order chi connectivity index (χ0) is 11.5. The molecule has 1 saturated heterocycles. The molecule has 1 amide bonds. The Kier molecular flexibility index (Phi) is 3.17. The summed E-state index contributed by atoms with van der Waals surface area (Å²) < 4.78 is 24.6. The molecule has 0 bridgehead atoms. The fourth-order valence-corrected chi connectivity index (χ4v) is 1.79. The summed E-state index contributed by atoms with van der Waals surface area (Å²) in [7, 11) is 0. The molecule has 1 atom stereocenters. The maximum absolute atomic E-state index is 12.3. The van der Waals surface area contributed by atoms with Gasteiger partial charge >= 0.3 is 0 Å². The third-order valence-electron chi connectivity index (χ3n) is 2.65. The van der Waals surface area contributed by atoms with Gasteiger partial charge in [-0.3, -0.25) is 4.79 Å². The molecule has 16 heavy (non-hydrogen) atoms. The lowest BCUT2D eigenvalue weighted by molar-refractivity contribution is -0.116. The van der Waals surface area contributed by atoms with Gasteiger partial charge in [0.05, 0.1) is 6.42 Å². The number of nitrogens with one attached hydrogen (secondary N) is 1. The first kappa shape index (κ1) is 11.0. The Morgan fingerprint density at radius 2 is 2.00 bits per heavy atom. The standard InChI is InChI=1S/C12H12F2NO/c13-12(14)9-3-1-8(2-4-9)7-10-5-6-11(16)15-10/h1-4,6,10,12H,5,7H2,(H,15,16). The van der Waals surface area contributed by atoms with E-state index in [0.29, 0.717) is 12.8 Å². The topological polar surface area (TPSA) is 29.1 Å². The first-order valence-corrected chi connectivity index (χ1v) is 5.16. The van der Waals surface area contributed by atoms with Crippen LogP contribution in [0.5, 0.6) is 0 Å². The van der Waals surface area contributed by atoms with Gasteiger partial charge in [-0.25, -0.2) is 8.78 Å². The number of halogens is 2. The number of amides is 1. The highest BCUT2D eigenvalue weighted by molar-refractivity contribution is 5.87. The molecule has 0 aliphatic carbocycles. The van der Waals surface area contributed by atoms with Crippen LogP contribution in [-0.4, -0.2) is 11.9 Å². The van der Waals surface area contributed by atoms with Crippen molar-refractivity contribution in [2.75, 3.05) is 0 Å². The van der Waals surface area contributed by atoms with Crippen molar-refractivity contribution in [2.45, 2.75) is 25.3 Å². The lowest BCUT2D eigenvalue weighted by Gasteiger charge is -2.10. The number of rotatable bonds is 3. The highest BCUT2D eigenvalue weighted by Gasteiger charge is 2.21. The fraction of sp³-hybridized carbons (Fsp3) is 0.333. The van der Waals surface area contributed by atoms with Gasteiger partial charge in [-0.15, -0.1) is 0 Å². The molecule has 0 saturated carbocycles. The second-order valence-electron chi connectivity index (χ2n) is 3.89. The van der Waals surface area contributed by atoms with E-state index in [0.717, 1.165) is 5.56 Å². The Balaban J connectivity index is 1.97. The van der Waals surface area contributed by atoms with E-state index in [9.17, 15) is 13.6 Å². The summed E-state index contributed by atoms with van der Waals surface area (Å²) in [5.41, 5.74) is 0.996. The lowest BCUT2D eigenvalue weighted by atomic mass is 10.0. The maximum Gasteiger partial charge on any atom is 0.263 e. The summed E-state index contributed by atoms with van der Waals surface area (Å²) in [6.45, 7) is 0. The molecule has 1 aromatic carbocycles. The number of benzene rings is 1. The van der Waals surface area contributed by atoms with E-state index in [-0.39, 0.29) is 17.5 Å². The molecule has 4 heteroatoms. The highest BCUT2D eigenvalue weighted by Crippen LogP contribution is 2.20. The Morgan fingerprint density at radius 3 is 2.50 bits per heavy atom. The molecule has 1 aromatic rings. The van der Waals surface area contributed by atoms with Crippen LogP contribution >= 0.6 is 0 Å². The van der Waals surface area contributed by atoms with Crippen LogP contribution in [0.1, 0.15) is 24.0 Å². The molecule has 1 radical (unpaired) electrons. The quantitative estimate of drug-likeness (QED) is 0.838. The number of alkyl halides is 2. The van der Waals surface area contributed by atoms with E-state index in [1.807, 2.05) is 0 Å². The summed E-state index contributed by atoms with van der Waals surface area (Å²) in [5.74, 6) is -0.0470. The predicted octanol–water partition coefficient (Wildman–Crippen LogP) is 2.26. The van der Waals surface area contributed by atoms with Gasteiger partial charge in [-0.05, 0) is 18.4 Å². The van der Waals surface area contributed by atoms with Crippen molar-refractivity contribution >= 4 is 5.91 Å². The number of hydrogen-bond acceptors (Lipinski definition) is 1. The first-order valence-electron chi connectivity index (χ1n) is 5.16. The molecule has 0 aromatic heterocycles. The van der Waals surface area contributed by atoms with Crippen molar-refractivity contribution in [3.05, 3.63) is 41.8 Å². The zero-order valence-electron chi connectivity index (χ0n) is 8.62. The van der Waals surface area contributed by atoms with Crippen LogP contribution in [0.4, 0.5) is 8.78 Å². The Bertz CT molecular complexity index is 375. The minimum atomic E-state index is -2.42. The molecule has 85 valence electrons. The van der Waals surface area contributed by atoms with Crippen molar-refractivity contribution in [3.63, 3.8) is 0 Å². The molecule has 1 aliphatic heterocycles. The Morgan fingerprint density at radius 1 is 1.31 bits per heavy atom. The molecule has 1 unspecified atom stereocenters. The second-order valence-corrected chi connectivity index (χ2v) is 3.89. The molecule has 1 aliphatic rings. The van der Waals surface area contributed by atoms with Crippen LogP contribution < -0.4 is 5.32 Å². The molecular formula is C12H12F2NO. The van der Waals surface area contributed by atoms with Gasteiger partial charge in [0.1, 0.15) is 0 Å². The molecule has 1 fully saturated rings. The van der Waals surface area contributed by atoms with E-state index in [1.165, 1.54) is 12.1 Å². The largest absolute Gasteiger partial charge is 0.353 e. The SMILES string of the molecule is O=C1[CH]CC(Cc2ccc(C(F)F)cc2)N1. The van der Waals surface area contributed by atoms with Crippen LogP contribution in [0, 0.1) is 6.42 Å². The van der Waals surface area contributed by atoms with Gasteiger partial charge in [0.15, 0.2) is 0 Å². The van der Waals surface area contributed by atoms with Gasteiger partial charge in [-0.1, -0.05) is 24.3 Å². The Hall–Kier alpha value is -1.45. The summed E-state index contributed by atoms with van der Waals surface area (Å²) >= 11 is 0. The average Bonchev–Trinajstić information content (AvgIpc) is 2.65. The summed E-state index contributed by atoms with van der Waals surface area (Å²) in [6.07, 6.45) is 0.577. The van der Waals surface area contributed by atoms with Gasteiger partial charge in [0.25, 0.3) is 6.43 Å². The van der Waals surface area contributed by atoms with E-state index < -0.39 is 6.43 Å². The van der Waals surface area contributed by atoms with Crippen LogP contribution in [0.15, 0.2) is 24.3 Å². The minimum Gasteiger partial charge on any atom is -0.353 e. The third-order valence-corrected chi connectivity index (χ3v) is 2.65. The summed E-state index contributed by atoms with van der Waals surface area (Å²) in [5, 5.41) is 2.80. The summed E-state index contributed by atoms with van der Waals surface area (Å²) in [4.78, 5) is 10.9. The number of hydrogen-bond donors (Lipinski definition) is 1. The predicted molar refractivity (Wildman–Crippen MR) is 56.0 cm³/mol. The average molecular weight is 224 g/mol. The van der Waals surface area contributed by atoms with Crippen LogP contribution in [0.25, 0.3) is 0 Å². The molecule has 1 N–H and O–H groups in total. The zero-order valence-corrected chi connectivity index (χ0v) is 8.62. The molecule has 1 heterocycles. The van der Waals surface area contributed by atoms with Crippen LogP contribution in [0.3, 0.4) is 0 Å². The van der Waals surface area contributed by atoms with Gasteiger partial charge in [-0.2, -0.15) is 0 Å². The monoisotopic (exact) mass is 224 g/mol. The Labute approximate surface area is 92.7 Å². The minimum absolute atomic E-state index is 0.0331. The highest BCUT2D eigenvalue weighted by atomic mass is 19.3. The van der Waals surface area contributed by atoms with Gasteiger partial charge in [0.2, 0.25) is 5.91 Å². The van der Waals surface area contributed by atoms with Crippen molar-refractivity contribution in [2.24, 2.45) is 0 Å². The van der Waals surface area contributed by atoms with Crippen molar-refractivity contribution in [1.82, 2.24) is 5.32 Å². The van der Waals surface area contributed by atoms with Gasteiger partial charge < -0.3 is 5.32 Å². The van der Waals surface area contributed by atoms with Crippen LogP contribution in [0.2, 0.25) is 0 Å². The fourth-order valence-electron chi connectivity index (χ4n) is 1.79. The maximum atomic E-state index is 12.3. The van der Waals surface area contributed by atoms with Crippen molar-refractivity contribution < 1.29 is 13.6 Å². The van der Waals surface area contributed by atoms with E-state index in [1.54, 1.807) is 18.6 Å². The molecule has 0 spiro atoms. The molecule has 2 nitrogen and oxygen atoms in total. The van der Waals surface area contributed by atoms with Crippen molar-refractivity contribution in [1.29, 1.82) is 0 Å². The van der Waals surface area contributed by atoms with Crippen LogP contribution in [-0.2, 0) is 11.2 Å². The number of carbonyl (C=O) groups excluding carboxylic acids is 1. The van der Waals surface area contributed by atoms with Gasteiger partial charge in [0, 0.05) is 11.6 Å². The third kappa shape index (κ3) is 2.56. The smallest absolute Gasteiger partial charge is 0.263 e. The van der Waals surface area contributed by atoms with E-state index in [2.05, 4.69) is 5.32 Å². The summed E-state index contributed by atoms with van der Waals surface area (Å²) in [6, 6.07) is 6.34. The van der Waals surface area contributed by atoms with E-state index in [4.69, 9.17) is 0 Å².